The first-order valence-corrected chi connectivity index (χ1v) is 16.5. The van der Waals surface area contributed by atoms with Gasteiger partial charge in [0.25, 0.3) is 0 Å². The van der Waals surface area contributed by atoms with Gasteiger partial charge in [-0.1, -0.05) is 212 Å². The lowest BCUT2D eigenvalue weighted by Crippen LogP contribution is -2.53. The molecule has 0 fully saturated rings. The number of allylic oxidation sites excluding steroid dienone is 8. The quantitative estimate of drug-likeness (QED) is 0.163. The van der Waals surface area contributed by atoms with E-state index in [1.165, 1.54) is 50.1 Å². The van der Waals surface area contributed by atoms with Gasteiger partial charge in [0.15, 0.2) is 0 Å². The summed E-state index contributed by atoms with van der Waals surface area (Å²) in [6, 6.07) is 66.8. The molecule has 8 rings (SSSR count). The van der Waals surface area contributed by atoms with E-state index in [9.17, 15) is 0 Å². The van der Waals surface area contributed by atoms with Crippen molar-refractivity contribution in [3.8, 4) is 0 Å². The van der Waals surface area contributed by atoms with Gasteiger partial charge in [-0.05, 0) is 50.1 Å². The van der Waals surface area contributed by atoms with E-state index in [0.29, 0.717) is 0 Å². The Morgan fingerprint density at radius 1 is 0.404 bits per heavy atom. The number of hydrogen-bond donors (Lipinski definition) is 0. The number of hydrogen-bond acceptors (Lipinski definition) is 0. The van der Waals surface area contributed by atoms with Crippen LogP contribution in [0.25, 0.3) is 16.7 Å². The van der Waals surface area contributed by atoms with Crippen LogP contribution in [0.15, 0.2) is 212 Å². The van der Waals surface area contributed by atoms with Gasteiger partial charge in [-0.2, -0.15) is 0 Å². The maximum atomic E-state index is 2.63. The van der Waals surface area contributed by atoms with Gasteiger partial charge in [0, 0.05) is 11.3 Å². The zero-order valence-electron chi connectivity index (χ0n) is 26.3. The normalized spacial score (nSPS) is 17.7. The Kier molecular flexibility index (Phi) is 7.48. The zero-order valence-corrected chi connectivity index (χ0v) is 26.3. The average Bonchev–Trinajstić information content (AvgIpc) is 3.83. The first-order valence-electron chi connectivity index (χ1n) is 16.5. The summed E-state index contributed by atoms with van der Waals surface area (Å²) >= 11 is 0. The topological polar surface area (TPSA) is 0 Å². The van der Waals surface area contributed by atoms with Crippen LogP contribution in [0.2, 0.25) is 0 Å². The lowest BCUT2D eigenvalue weighted by atomic mass is 9.47. The van der Waals surface area contributed by atoms with Gasteiger partial charge in [-0.3, -0.25) is 0 Å². The van der Waals surface area contributed by atoms with Crippen LogP contribution in [0.1, 0.15) is 33.4 Å². The molecule has 1 atom stereocenters. The summed E-state index contributed by atoms with van der Waals surface area (Å²) in [5.41, 5.74) is 10.1. The predicted octanol–water partition coefficient (Wildman–Crippen LogP) is 11.4. The smallest absolute Gasteiger partial charge is 0.0549 e. The molecule has 0 radical (unpaired) electrons. The molecule has 224 valence electrons. The van der Waals surface area contributed by atoms with Gasteiger partial charge < -0.3 is 0 Å². The fourth-order valence-corrected chi connectivity index (χ4v) is 8.28. The van der Waals surface area contributed by atoms with Crippen LogP contribution in [0.3, 0.4) is 0 Å². The fraction of sp³-hybridized carbons (Fsp3) is 0.0638. The van der Waals surface area contributed by atoms with E-state index in [2.05, 4.69) is 212 Å². The van der Waals surface area contributed by atoms with E-state index in [1.807, 2.05) is 0 Å². The molecule has 2 aliphatic rings. The lowest BCUT2D eigenvalue weighted by molar-refractivity contribution is 0.340. The van der Waals surface area contributed by atoms with Gasteiger partial charge >= 0.3 is 0 Å². The van der Waals surface area contributed by atoms with Crippen LogP contribution in [0, 0.1) is 5.92 Å². The summed E-state index contributed by atoms with van der Waals surface area (Å²) in [5.74, 6) is 0.0645. The molecule has 0 aliphatic heterocycles. The maximum Gasteiger partial charge on any atom is 0.0549 e. The Labute approximate surface area is 278 Å². The van der Waals surface area contributed by atoms with Crippen molar-refractivity contribution < 1.29 is 0 Å². The Balaban J connectivity index is 1.66. The summed E-state index contributed by atoms with van der Waals surface area (Å²) in [4.78, 5) is 0. The second-order valence-electron chi connectivity index (χ2n) is 12.4. The van der Waals surface area contributed by atoms with Crippen molar-refractivity contribution in [3.05, 3.63) is 246 Å². The summed E-state index contributed by atoms with van der Waals surface area (Å²) in [5, 5.41) is 0. The van der Waals surface area contributed by atoms with Crippen molar-refractivity contribution in [1.82, 2.24) is 0 Å². The highest BCUT2D eigenvalue weighted by Crippen LogP contribution is 2.67. The molecule has 47 heavy (non-hydrogen) atoms. The van der Waals surface area contributed by atoms with Gasteiger partial charge in [0.1, 0.15) is 0 Å². The molecule has 0 nitrogen and oxygen atoms in total. The highest BCUT2D eigenvalue weighted by atomic mass is 14.6. The molecule has 0 aromatic heterocycles. The monoisotopic (exact) mass is 600 g/mol. The van der Waals surface area contributed by atoms with Crippen LogP contribution < -0.4 is 0 Å². The Morgan fingerprint density at radius 2 is 0.809 bits per heavy atom. The third-order valence-corrected chi connectivity index (χ3v) is 10.0. The zero-order chi connectivity index (χ0) is 31.5. The van der Waals surface area contributed by atoms with Crippen LogP contribution in [0.5, 0.6) is 0 Å². The van der Waals surface area contributed by atoms with E-state index >= 15 is 0 Å². The average molecular weight is 601 g/mol. The molecular weight excluding hydrogens is 565 g/mol. The molecule has 0 heterocycles. The summed E-state index contributed by atoms with van der Waals surface area (Å²) in [7, 11) is 0. The molecule has 0 saturated heterocycles. The van der Waals surface area contributed by atoms with Crippen molar-refractivity contribution in [1.29, 1.82) is 0 Å². The second-order valence-corrected chi connectivity index (χ2v) is 12.4. The fourth-order valence-electron chi connectivity index (χ4n) is 8.28. The van der Waals surface area contributed by atoms with Gasteiger partial charge in [-0.15, -0.1) is 0 Å². The summed E-state index contributed by atoms with van der Waals surface area (Å²) in [6.45, 7) is 0. The second kappa shape index (κ2) is 12.2. The standard InChI is InChI=1S/C47H36/c1-7-21-36(22-8-1)43-35-46(39-27-13-4-14-28-39,45(38-25-11-3-12-26-38)44(43)37-23-9-2-10-24-37)47(42-33-19-20-34-42,40-29-15-5-16-30-40)41-31-17-6-18-32-41/h1-35,42H. The molecule has 0 heteroatoms. The third-order valence-electron chi connectivity index (χ3n) is 10.0. The molecule has 0 spiro atoms. The number of benzene rings is 6. The van der Waals surface area contributed by atoms with Crippen molar-refractivity contribution in [2.45, 2.75) is 10.8 Å². The van der Waals surface area contributed by atoms with Crippen LogP contribution in [0.4, 0.5) is 0 Å². The van der Waals surface area contributed by atoms with E-state index in [0.717, 1.165) is 0 Å². The molecule has 1 unspecified atom stereocenters. The Morgan fingerprint density at radius 3 is 1.30 bits per heavy atom. The van der Waals surface area contributed by atoms with Crippen LogP contribution in [-0.4, -0.2) is 0 Å². The van der Waals surface area contributed by atoms with Gasteiger partial charge in [0.05, 0.1) is 5.41 Å². The molecule has 0 saturated carbocycles. The van der Waals surface area contributed by atoms with E-state index in [1.54, 1.807) is 0 Å². The highest BCUT2D eigenvalue weighted by molar-refractivity contribution is 6.22. The van der Waals surface area contributed by atoms with Gasteiger partial charge in [-0.25, -0.2) is 0 Å². The predicted molar refractivity (Wildman–Crippen MR) is 198 cm³/mol. The van der Waals surface area contributed by atoms with Crippen molar-refractivity contribution >= 4 is 16.7 Å². The Bertz CT molecular complexity index is 2030. The molecule has 0 bridgehead atoms. The van der Waals surface area contributed by atoms with Gasteiger partial charge in [0.2, 0.25) is 0 Å². The molecule has 0 N–H and O–H groups in total. The highest BCUT2D eigenvalue weighted by Gasteiger charge is 2.61. The van der Waals surface area contributed by atoms with Crippen molar-refractivity contribution in [2.75, 3.05) is 0 Å². The molecule has 6 aromatic rings. The maximum absolute atomic E-state index is 2.63. The van der Waals surface area contributed by atoms with Crippen LogP contribution in [-0.2, 0) is 10.8 Å². The first kappa shape index (κ1) is 28.7. The molecule has 2 aliphatic carbocycles. The summed E-state index contributed by atoms with van der Waals surface area (Å²) in [6.07, 6.45) is 11.9. The molecular formula is C47H36. The molecule has 0 amide bonds. The van der Waals surface area contributed by atoms with Crippen LogP contribution >= 0.6 is 0 Å². The largest absolute Gasteiger partial charge is 0.0763 e. The summed E-state index contributed by atoms with van der Waals surface area (Å²) < 4.78 is 0. The van der Waals surface area contributed by atoms with Crippen molar-refractivity contribution in [2.24, 2.45) is 5.92 Å². The van der Waals surface area contributed by atoms with E-state index in [-0.39, 0.29) is 5.92 Å². The third kappa shape index (κ3) is 4.60. The van der Waals surface area contributed by atoms with E-state index < -0.39 is 10.8 Å². The van der Waals surface area contributed by atoms with Crippen molar-refractivity contribution in [3.63, 3.8) is 0 Å². The number of rotatable bonds is 8. The lowest BCUT2D eigenvalue weighted by Gasteiger charge is -2.54. The van der Waals surface area contributed by atoms with E-state index in [4.69, 9.17) is 0 Å². The minimum Gasteiger partial charge on any atom is -0.0763 e. The minimum atomic E-state index is -0.641. The molecule has 6 aromatic carbocycles. The minimum absolute atomic E-state index is 0.0645. The Hall–Kier alpha value is -5.72. The SMILES string of the molecule is C1=CC(C(c2ccccc2)(c2ccccc2)C2(c3ccccc3)C=C(c3ccccc3)C(c3ccccc3)=C2c2ccccc2)C=C1. The first-order chi connectivity index (χ1) is 23.3.